The number of rotatable bonds is 5. The highest BCUT2D eigenvalue weighted by atomic mass is 35.5. The standard InChI is InChI=1S/C20H19ClN4O2/c1-27-14-6-7-15-16(10-14)24-20(23-15)18-17(26)11-25(19(18)22)9-8-12-2-4-13(21)5-3-12/h2-7,10,22,26H,8-9,11H2,1H3,(H,23,24). The molecule has 0 aliphatic carbocycles. The highest BCUT2D eigenvalue weighted by Crippen LogP contribution is 2.28. The number of amidine groups is 1. The molecule has 0 atom stereocenters. The number of hydrogen-bond donors (Lipinski definition) is 3. The Morgan fingerprint density at radius 1 is 1.26 bits per heavy atom. The number of ether oxygens (including phenoxy) is 1. The molecule has 2 aromatic carbocycles. The zero-order valence-corrected chi connectivity index (χ0v) is 15.5. The topological polar surface area (TPSA) is 85.2 Å². The molecule has 4 rings (SSSR count). The molecule has 2 heterocycles. The van der Waals surface area contributed by atoms with Crippen LogP contribution in [0.1, 0.15) is 11.4 Å². The van der Waals surface area contributed by atoms with Crippen LogP contribution in [0, 0.1) is 5.41 Å². The van der Waals surface area contributed by atoms with Gasteiger partial charge < -0.3 is 19.7 Å². The fourth-order valence-corrected chi connectivity index (χ4v) is 3.35. The lowest BCUT2D eigenvalue weighted by Crippen LogP contribution is -2.29. The largest absolute Gasteiger partial charge is 0.510 e. The maximum atomic E-state index is 10.4. The number of fused-ring (bicyclic) bond motifs is 1. The van der Waals surface area contributed by atoms with Gasteiger partial charge in [-0.15, -0.1) is 0 Å². The predicted molar refractivity (Wildman–Crippen MR) is 107 cm³/mol. The summed E-state index contributed by atoms with van der Waals surface area (Å²) in [5, 5.41) is 19.6. The van der Waals surface area contributed by atoms with Gasteiger partial charge in [0.25, 0.3) is 0 Å². The molecule has 138 valence electrons. The molecule has 3 aromatic rings. The Labute approximate surface area is 161 Å². The van der Waals surface area contributed by atoms with Crippen LogP contribution < -0.4 is 4.74 Å². The monoisotopic (exact) mass is 382 g/mol. The first kappa shape index (κ1) is 17.4. The summed E-state index contributed by atoms with van der Waals surface area (Å²) in [6.45, 7) is 0.935. The number of methoxy groups -OCH3 is 1. The first-order valence-electron chi connectivity index (χ1n) is 8.59. The van der Waals surface area contributed by atoms with Gasteiger partial charge >= 0.3 is 0 Å². The van der Waals surface area contributed by atoms with Crippen molar-refractivity contribution in [2.45, 2.75) is 6.42 Å². The van der Waals surface area contributed by atoms with E-state index in [9.17, 15) is 5.11 Å². The molecule has 0 radical (unpaired) electrons. The van der Waals surface area contributed by atoms with Crippen LogP contribution in [-0.2, 0) is 6.42 Å². The van der Waals surface area contributed by atoms with Crippen LogP contribution in [0.25, 0.3) is 16.6 Å². The van der Waals surface area contributed by atoms with Crippen molar-refractivity contribution < 1.29 is 9.84 Å². The molecular formula is C20H19ClN4O2. The lowest BCUT2D eigenvalue weighted by molar-refractivity contribution is 0.351. The Hall–Kier alpha value is -2.99. The fourth-order valence-electron chi connectivity index (χ4n) is 3.22. The first-order chi connectivity index (χ1) is 13.0. The van der Waals surface area contributed by atoms with Crippen molar-refractivity contribution in [3.05, 3.63) is 64.6 Å². The van der Waals surface area contributed by atoms with E-state index in [1.54, 1.807) is 7.11 Å². The van der Waals surface area contributed by atoms with Crippen LogP contribution in [-0.4, -0.2) is 46.0 Å². The minimum absolute atomic E-state index is 0.155. The summed E-state index contributed by atoms with van der Waals surface area (Å²) in [4.78, 5) is 9.55. The predicted octanol–water partition coefficient (Wildman–Crippen LogP) is 4.03. The van der Waals surface area contributed by atoms with Gasteiger partial charge in [-0.05, 0) is 36.2 Å². The number of benzene rings is 2. The Bertz CT molecular complexity index is 1040. The maximum absolute atomic E-state index is 10.4. The highest BCUT2D eigenvalue weighted by Gasteiger charge is 2.30. The van der Waals surface area contributed by atoms with Gasteiger partial charge in [0.05, 0.1) is 30.3 Å². The SMILES string of the molecule is COc1ccc2nc(C3=C(O)CN(CCc4ccc(Cl)cc4)C3=N)[nH]c2c1. The Morgan fingerprint density at radius 3 is 2.78 bits per heavy atom. The van der Waals surface area contributed by atoms with Gasteiger partial charge in [-0.1, -0.05) is 23.7 Å². The summed E-state index contributed by atoms with van der Waals surface area (Å²) in [5.41, 5.74) is 3.15. The zero-order valence-electron chi connectivity index (χ0n) is 14.8. The van der Waals surface area contributed by atoms with Gasteiger partial charge in [0.1, 0.15) is 23.2 Å². The van der Waals surface area contributed by atoms with E-state index >= 15 is 0 Å². The van der Waals surface area contributed by atoms with Gasteiger partial charge in [0.2, 0.25) is 0 Å². The van der Waals surface area contributed by atoms with Crippen molar-refractivity contribution in [2.75, 3.05) is 20.2 Å². The van der Waals surface area contributed by atoms with Crippen LogP contribution in [0.4, 0.5) is 0 Å². The minimum atomic E-state index is 0.155. The van der Waals surface area contributed by atoms with E-state index in [-0.39, 0.29) is 11.6 Å². The molecule has 1 aliphatic rings. The van der Waals surface area contributed by atoms with E-state index in [4.69, 9.17) is 21.7 Å². The molecule has 7 heteroatoms. The number of nitrogens with zero attached hydrogens (tertiary/aromatic N) is 2. The quantitative estimate of drug-likeness (QED) is 0.622. The normalized spacial score (nSPS) is 14.4. The van der Waals surface area contributed by atoms with Crippen molar-refractivity contribution in [1.29, 1.82) is 5.41 Å². The second-order valence-electron chi connectivity index (χ2n) is 6.44. The van der Waals surface area contributed by atoms with E-state index in [1.807, 2.05) is 47.4 Å². The molecule has 1 aliphatic heterocycles. The second-order valence-corrected chi connectivity index (χ2v) is 6.87. The number of imidazole rings is 1. The number of aromatic nitrogens is 2. The van der Waals surface area contributed by atoms with E-state index in [1.165, 1.54) is 0 Å². The molecule has 0 amide bonds. The van der Waals surface area contributed by atoms with Crippen LogP contribution in [0.15, 0.2) is 48.2 Å². The number of aliphatic hydroxyl groups is 1. The van der Waals surface area contributed by atoms with E-state index in [2.05, 4.69) is 9.97 Å². The van der Waals surface area contributed by atoms with Crippen molar-refractivity contribution in [3.8, 4) is 5.75 Å². The van der Waals surface area contributed by atoms with E-state index in [0.29, 0.717) is 29.5 Å². The molecule has 3 N–H and O–H groups in total. The van der Waals surface area contributed by atoms with Gasteiger partial charge in [0.15, 0.2) is 0 Å². The lowest BCUT2D eigenvalue weighted by Gasteiger charge is -2.18. The van der Waals surface area contributed by atoms with Crippen molar-refractivity contribution in [3.63, 3.8) is 0 Å². The molecule has 6 nitrogen and oxygen atoms in total. The molecule has 27 heavy (non-hydrogen) atoms. The number of H-pyrrole nitrogens is 1. The lowest BCUT2D eigenvalue weighted by atomic mass is 10.1. The Kier molecular flexibility index (Phi) is 4.49. The van der Waals surface area contributed by atoms with E-state index in [0.717, 1.165) is 28.8 Å². The summed E-state index contributed by atoms with van der Waals surface area (Å²) in [6, 6.07) is 13.2. The molecule has 0 saturated heterocycles. The summed E-state index contributed by atoms with van der Waals surface area (Å²) >= 11 is 5.92. The average molecular weight is 383 g/mol. The van der Waals surface area contributed by atoms with Crippen LogP contribution in [0.2, 0.25) is 5.02 Å². The number of aliphatic hydroxyl groups excluding tert-OH is 1. The Balaban J connectivity index is 1.52. The molecule has 0 spiro atoms. The van der Waals surface area contributed by atoms with Gasteiger partial charge in [-0.25, -0.2) is 4.98 Å². The first-order valence-corrected chi connectivity index (χ1v) is 8.97. The number of halogens is 1. The second kappa shape index (κ2) is 6.96. The smallest absolute Gasteiger partial charge is 0.145 e. The third-order valence-electron chi connectivity index (χ3n) is 4.69. The van der Waals surface area contributed by atoms with Crippen molar-refractivity contribution in [2.24, 2.45) is 0 Å². The third kappa shape index (κ3) is 3.36. The molecule has 0 unspecified atom stereocenters. The summed E-state index contributed by atoms with van der Waals surface area (Å²) in [5.74, 6) is 1.64. The maximum Gasteiger partial charge on any atom is 0.145 e. The highest BCUT2D eigenvalue weighted by molar-refractivity contribution is 6.30. The minimum Gasteiger partial charge on any atom is -0.510 e. The van der Waals surface area contributed by atoms with Crippen molar-refractivity contribution in [1.82, 2.24) is 14.9 Å². The molecule has 0 fully saturated rings. The average Bonchev–Trinajstić information content (AvgIpc) is 3.20. The third-order valence-corrected chi connectivity index (χ3v) is 4.94. The zero-order chi connectivity index (χ0) is 19.0. The number of hydrogen-bond acceptors (Lipinski definition) is 4. The van der Waals surface area contributed by atoms with Crippen LogP contribution >= 0.6 is 11.6 Å². The number of nitrogens with one attached hydrogen (secondary N) is 2. The van der Waals surface area contributed by atoms with E-state index < -0.39 is 0 Å². The van der Waals surface area contributed by atoms with Gasteiger partial charge in [0, 0.05) is 17.6 Å². The van der Waals surface area contributed by atoms with Crippen LogP contribution in [0.5, 0.6) is 5.75 Å². The fraction of sp³-hybridized carbons (Fsp3) is 0.200. The van der Waals surface area contributed by atoms with Gasteiger partial charge in [-0.2, -0.15) is 0 Å². The molecule has 0 saturated carbocycles. The molecular weight excluding hydrogens is 364 g/mol. The number of aromatic amines is 1. The summed E-state index contributed by atoms with van der Waals surface area (Å²) in [6.07, 6.45) is 0.761. The van der Waals surface area contributed by atoms with Gasteiger partial charge in [-0.3, -0.25) is 5.41 Å². The summed E-state index contributed by atoms with van der Waals surface area (Å²) in [7, 11) is 1.61. The molecule has 0 bridgehead atoms. The van der Waals surface area contributed by atoms with Crippen LogP contribution in [0.3, 0.4) is 0 Å². The summed E-state index contributed by atoms with van der Waals surface area (Å²) < 4.78 is 5.23. The Morgan fingerprint density at radius 2 is 2.04 bits per heavy atom. The molecule has 1 aromatic heterocycles. The van der Waals surface area contributed by atoms with Crippen molar-refractivity contribution >= 4 is 34.0 Å².